The number of hydrogen-bond acceptors (Lipinski definition) is 4. The molecule has 2 N–H and O–H groups in total. The Balaban J connectivity index is -0.0000000800. The van der Waals surface area contributed by atoms with E-state index in [0.717, 1.165) is 0 Å². The molecule has 0 aliphatic carbocycles. The predicted molar refractivity (Wildman–Crippen MR) is 15.1 cm³/mol. The van der Waals surface area contributed by atoms with Gasteiger partial charge in [-0.1, -0.05) is 0 Å². The van der Waals surface area contributed by atoms with E-state index >= 15 is 0 Å². The molecule has 0 radical (unpaired) electrons. The normalized spacial score (nSPS) is 8.57. The van der Waals surface area contributed by atoms with E-state index in [0.29, 0.717) is 0 Å². The first-order valence-corrected chi connectivity index (χ1v) is 2.45. The molecule has 0 spiro atoms. The third-order valence-electron chi connectivity index (χ3n) is 0. The fourth-order valence-corrected chi connectivity index (χ4v) is 0. The molecule has 5 nitrogen and oxygen atoms in total. The Bertz CT molecular complexity index is 23.6. The molecule has 0 amide bonds. The first-order chi connectivity index (χ1) is 2.00. The Morgan fingerprint density at radius 2 is 0.857 bits per heavy atom. The van der Waals surface area contributed by atoms with E-state index in [2.05, 4.69) is 0 Å². The van der Waals surface area contributed by atoms with Gasteiger partial charge in [0.05, 0.1) is 0 Å². The summed E-state index contributed by atoms with van der Waals surface area (Å²) in [7, 11) is -5.61. The molecule has 0 bridgehead atoms. The van der Waals surface area contributed by atoms with Crippen LogP contribution in [0.4, 0.5) is 0 Å². The van der Waals surface area contributed by atoms with E-state index in [1.165, 1.54) is 0 Å². The second-order valence-corrected chi connectivity index (χ2v) is 1.50. The van der Waals surface area contributed by atoms with Crippen LogP contribution in [0, 0.1) is 0 Å². The minimum absolute atomic E-state index is 0. The summed E-state index contributed by atoms with van der Waals surface area (Å²) < 4.78 is 0. The molecule has 7 heavy (non-hydrogen) atoms. The van der Waals surface area contributed by atoms with Crippen molar-refractivity contribution >= 4 is 36.3 Å². The van der Waals surface area contributed by atoms with Gasteiger partial charge in [0.15, 0.2) is 0 Å². The Labute approximate surface area is 61.2 Å². The summed E-state index contributed by atoms with van der Waals surface area (Å²) in [5.74, 6) is 0. The molecular weight excluding hydrogens is 315 g/mol. The molecule has 0 aliphatic rings. The molecule has 0 aromatic carbocycles. The fraction of sp³-hybridized carbons (Fsp3) is 0. The van der Waals surface area contributed by atoms with E-state index in [4.69, 9.17) is 19.2 Å². The predicted octanol–water partition coefficient (Wildman–Crippen LogP) is -6.34. The van der Waals surface area contributed by atoms with Gasteiger partial charge in [-0.15, -0.1) is 0 Å². The van der Waals surface area contributed by atoms with Crippen LogP contribution in [-0.4, -0.2) is 41.8 Å². The molecule has 0 rings (SSSR count). The average Bonchev–Trinajstić information content (AvgIpc) is 0.722. The molecule has 0 heterocycles. The van der Waals surface area contributed by atoms with Crippen molar-refractivity contribution < 1.29 is 24.7 Å². The Morgan fingerprint density at radius 1 is 0.857 bits per heavy atom. The van der Waals surface area contributed by atoms with Crippen LogP contribution in [0.5, 0.6) is 0 Å². The van der Waals surface area contributed by atoms with Gasteiger partial charge in [-0.2, -0.15) is 0 Å². The van der Waals surface area contributed by atoms with Gasteiger partial charge in [0, 0.05) is 0 Å². The molecular formula is H2O5PbSi. The summed E-state index contributed by atoms with van der Waals surface area (Å²) in [6.45, 7) is 0. The largest absolute Gasteiger partial charge is 4.00 e. The summed E-state index contributed by atoms with van der Waals surface area (Å²) in [6, 6.07) is 0. The van der Waals surface area contributed by atoms with Gasteiger partial charge in [0.25, 0.3) is 0 Å². The molecule has 0 saturated heterocycles. The Morgan fingerprint density at radius 3 is 0.857 bits per heavy atom. The zero-order valence-electron chi connectivity index (χ0n) is 3.13. The first kappa shape index (κ1) is 15.7. The Kier molecular flexibility index (Phi) is 11.4. The molecule has 0 aromatic heterocycles. The van der Waals surface area contributed by atoms with Crippen molar-refractivity contribution in [1.82, 2.24) is 0 Å². The average molecular weight is 317 g/mol. The van der Waals surface area contributed by atoms with Crippen molar-refractivity contribution in [3.8, 4) is 0 Å². The van der Waals surface area contributed by atoms with Gasteiger partial charge in [0.1, 0.15) is 0 Å². The monoisotopic (exact) mass is 318 g/mol. The van der Waals surface area contributed by atoms with Gasteiger partial charge >= 0.3 is 27.3 Å². The maximum Gasteiger partial charge on any atom is 4.00 e. The number of rotatable bonds is 0. The van der Waals surface area contributed by atoms with Crippen LogP contribution < -0.4 is 19.2 Å². The molecule has 0 aliphatic heterocycles. The van der Waals surface area contributed by atoms with Crippen molar-refractivity contribution in [2.24, 2.45) is 0 Å². The van der Waals surface area contributed by atoms with Gasteiger partial charge in [-0.05, 0) is 0 Å². The third kappa shape index (κ3) is 192. The van der Waals surface area contributed by atoms with E-state index in [1.54, 1.807) is 0 Å². The van der Waals surface area contributed by atoms with Crippen molar-refractivity contribution in [2.45, 2.75) is 0 Å². The van der Waals surface area contributed by atoms with E-state index in [-0.39, 0.29) is 32.8 Å². The van der Waals surface area contributed by atoms with Crippen LogP contribution in [0.15, 0.2) is 0 Å². The topological polar surface area (TPSA) is 124 Å². The van der Waals surface area contributed by atoms with Crippen LogP contribution in [0.25, 0.3) is 0 Å². The zero-order valence-corrected chi connectivity index (χ0v) is 8.02. The molecule has 0 saturated carbocycles. The third-order valence-corrected chi connectivity index (χ3v) is 0. The molecule has 0 unspecified atom stereocenters. The minimum Gasteiger partial charge on any atom is -0.894 e. The van der Waals surface area contributed by atoms with Crippen LogP contribution in [0.1, 0.15) is 0 Å². The first-order valence-electron chi connectivity index (χ1n) is 0.816. The summed E-state index contributed by atoms with van der Waals surface area (Å²) in [4.78, 5) is 34.3. The maximum atomic E-state index is 8.58. The zero-order chi connectivity index (χ0) is 4.50. The summed E-state index contributed by atoms with van der Waals surface area (Å²) >= 11 is 0. The van der Waals surface area contributed by atoms with Crippen LogP contribution in [-0.2, 0) is 0 Å². The molecule has 7 heteroatoms. The van der Waals surface area contributed by atoms with E-state index in [9.17, 15) is 0 Å². The van der Waals surface area contributed by atoms with Gasteiger partial charge in [-0.3, -0.25) is 0 Å². The summed E-state index contributed by atoms with van der Waals surface area (Å²) in [5.41, 5.74) is 0. The van der Waals surface area contributed by atoms with Gasteiger partial charge in [-0.25, -0.2) is 0 Å². The van der Waals surface area contributed by atoms with Crippen molar-refractivity contribution in [3.63, 3.8) is 0 Å². The summed E-state index contributed by atoms with van der Waals surface area (Å²) in [6.07, 6.45) is 0. The smallest absolute Gasteiger partial charge is 0.894 e. The standard InChI is InChI=1S/O4Si.H2O.Pb/c1-5(2,3)4;;/h;1H2;/q-4;;+4. The van der Waals surface area contributed by atoms with Crippen LogP contribution in [0.2, 0.25) is 0 Å². The van der Waals surface area contributed by atoms with E-state index in [1.807, 2.05) is 0 Å². The SMILES string of the molecule is O.[O-][Si]([O-])([O-])[O-].[Pb+4]. The molecule has 40 valence electrons. The van der Waals surface area contributed by atoms with Crippen LogP contribution >= 0.6 is 0 Å². The van der Waals surface area contributed by atoms with Crippen molar-refractivity contribution in [1.29, 1.82) is 0 Å². The quantitative estimate of drug-likeness (QED) is 0.412. The molecule has 0 aromatic rings. The van der Waals surface area contributed by atoms with Gasteiger partial charge < -0.3 is 33.7 Å². The Hall–Kier alpha value is 0.939. The second kappa shape index (κ2) is 5.08. The molecule has 0 atom stereocenters. The van der Waals surface area contributed by atoms with Gasteiger partial charge in [0.2, 0.25) is 0 Å². The van der Waals surface area contributed by atoms with Crippen molar-refractivity contribution in [2.75, 3.05) is 0 Å². The minimum atomic E-state index is -5.61. The second-order valence-electron chi connectivity index (χ2n) is 0.500. The fourth-order valence-electron chi connectivity index (χ4n) is 0. The number of hydrogen-bond donors (Lipinski definition) is 0. The van der Waals surface area contributed by atoms with Crippen LogP contribution in [0.3, 0.4) is 0 Å². The molecule has 0 fully saturated rings. The maximum absolute atomic E-state index is 8.58. The van der Waals surface area contributed by atoms with E-state index < -0.39 is 9.05 Å². The summed E-state index contributed by atoms with van der Waals surface area (Å²) in [5, 5.41) is 0. The van der Waals surface area contributed by atoms with Crippen molar-refractivity contribution in [3.05, 3.63) is 0 Å².